The van der Waals surface area contributed by atoms with Gasteiger partial charge in [0, 0.05) is 12.1 Å². The molecule has 0 aliphatic rings. The largest absolute Gasteiger partial charge is 0.508 e. The van der Waals surface area contributed by atoms with Crippen LogP contribution in [-0.4, -0.2) is 10.1 Å². The monoisotopic (exact) mass is 177 g/mol. The molecule has 4 heteroatoms. The maximum Gasteiger partial charge on any atom is 0.252 e. The van der Waals surface area contributed by atoms with E-state index in [4.69, 9.17) is 9.52 Å². The predicted molar refractivity (Wildman–Crippen MR) is 46.4 cm³/mol. The Morgan fingerprint density at radius 3 is 2.85 bits per heavy atom. The third-order valence-electron chi connectivity index (χ3n) is 1.62. The lowest BCUT2D eigenvalue weighted by Gasteiger charge is -1.96. The van der Waals surface area contributed by atoms with Gasteiger partial charge in [-0.15, -0.1) is 0 Å². The Balaban J connectivity index is 2.59. The van der Waals surface area contributed by atoms with Gasteiger partial charge in [-0.25, -0.2) is 0 Å². The molecule has 0 aromatic carbocycles. The second-order valence-corrected chi connectivity index (χ2v) is 2.59. The molecule has 0 unspecified atom stereocenters. The van der Waals surface area contributed by atoms with Gasteiger partial charge < -0.3 is 14.5 Å². The number of aromatic hydroxyl groups is 1. The van der Waals surface area contributed by atoms with E-state index in [2.05, 4.69) is 4.98 Å². The number of aromatic amines is 1. The average Bonchev–Trinajstić information content (AvgIpc) is 2.53. The van der Waals surface area contributed by atoms with Crippen LogP contribution in [0.5, 0.6) is 5.75 Å². The summed E-state index contributed by atoms with van der Waals surface area (Å²) < 4.78 is 5.05. The molecule has 0 amide bonds. The van der Waals surface area contributed by atoms with Gasteiger partial charge in [-0.2, -0.15) is 0 Å². The molecule has 0 aliphatic heterocycles. The van der Waals surface area contributed by atoms with Crippen LogP contribution in [0.25, 0.3) is 11.5 Å². The van der Waals surface area contributed by atoms with Crippen molar-refractivity contribution in [1.82, 2.24) is 4.98 Å². The van der Waals surface area contributed by atoms with Gasteiger partial charge in [-0.05, 0) is 12.1 Å². The zero-order valence-electron chi connectivity index (χ0n) is 6.65. The highest BCUT2D eigenvalue weighted by Crippen LogP contribution is 2.18. The first-order chi connectivity index (χ1) is 6.25. The summed E-state index contributed by atoms with van der Waals surface area (Å²) in [6.07, 6.45) is 1.50. The molecule has 2 aromatic rings. The Labute approximate surface area is 73.5 Å². The van der Waals surface area contributed by atoms with Gasteiger partial charge in [0.2, 0.25) is 0 Å². The summed E-state index contributed by atoms with van der Waals surface area (Å²) in [6, 6.07) is 5.94. The van der Waals surface area contributed by atoms with Crippen molar-refractivity contribution in [1.29, 1.82) is 0 Å². The van der Waals surface area contributed by atoms with Gasteiger partial charge in [0.05, 0.1) is 12.0 Å². The van der Waals surface area contributed by atoms with Crippen molar-refractivity contribution in [2.45, 2.75) is 0 Å². The van der Waals surface area contributed by atoms with Gasteiger partial charge in [-0.1, -0.05) is 0 Å². The van der Waals surface area contributed by atoms with E-state index in [-0.39, 0.29) is 11.3 Å². The SMILES string of the molecule is O=c1cc(O)cc(-c2ccco2)[nH]1. The summed E-state index contributed by atoms with van der Waals surface area (Å²) in [5.74, 6) is 0.447. The maximum absolute atomic E-state index is 10.9. The van der Waals surface area contributed by atoms with Crippen LogP contribution in [0.4, 0.5) is 0 Å². The number of hydrogen-bond acceptors (Lipinski definition) is 3. The van der Waals surface area contributed by atoms with E-state index in [1.54, 1.807) is 12.1 Å². The van der Waals surface area contributed by atoms with Crippen LogP contribution in [0.2, 0.25) is 0 Å². The first kappa shape index (κ1) is 7.67. The van der Waals surface area contributed by atoms with Gasteiger partial charge in [0.1, 0.15) is 11.5 Å². The molecule has 2 aromatic heterocycles. The minimum absolute atomic E-state index is 0.0739. The summed E-state index contributed by atoms with van der Waals surface area (Å²) in [5, 5.41) is 9.13. The van der Waals surface area contributed by atoms with E-state index in [9.17, 15) is 4.79 Å². The molecule has 0 aliphatic carbocycles. The quantitative estimate of drug-likeness (QED) is 0.690. The fourth-order valence-electron chi connectivity index (χ4n) is 1.09. The van der Waals surface area contributed by atoms with E-state index in [0.717, 1.165) is 6.07 Å². The molecular formula is C9H7NO3. The molecule has 4 nitrogen and oxygen atoms in total. The zero-order chi connectivity index (χ0) is 9.26. The Hall–Kier alpha value is -1.97. The Morgan fingerprint density at radius 1 is 1.38 bits per heavy atom. The predicted octanol–water partition coefficient (Wildman–Crippen LogP) is 1.34. The minimum atomic E-state index is -0.355. The van der Waals surface area contributed by atoms with Crippen molar-refractivity contribution in [3.63, 3.8) is 0 Å². The summed E-state index contributed by atoms with van der Waals surface area (Å²) in [7, 11) is 0. The number of aromatic nitrogens is 1. The molecular weight excluding hydrogens is 170 g/mol. The average molecular weight is 177 g/mol. The Bertz CT molecular complexity index is 456. The number of pyridine rings is 1. The number of furan rings is 1. The summed E-state index contributed by atoms with van der Waals surface area (Å²) in [6.45, 7) is 0. The van der Waals surface area contributed by atoms with Crippen LogP contribution < -0.4 is 5.56 Å². The van der Waals surface area contributed by atoms with Crippen molar-refractivity contribution in [3.05, 3.63) is 40.9 Å². The number of hydrogen-bond donors (Lipinski definition) is 2. The van der Waals surface area contributed by atoms with Crippen LogP contribution in [-0.2, 0) is 0 Å². The van der Waals surface area contributed by atoms with Crippen molar-refractivity contribution >= 4 is 0 Å². The topological polar surface area (TPSA) is 66.2 Å². The van der Waals surface area contributed by atoms with Gasteiger partial charge in [0.15, 0.2) is 0 Å². The summed E-state index contributed by atoms with van der Waals surface area (Å²) >= 11 is 0. The lowest BCUT2D eigenvalue weighted by Crippen LogP contribution is -2.03. The number of rotatable bonds is 1. The smallest absolute Gasteiger partial charge is 0.252 e. The second kappa shape index (κ2) is 2.82. The van der Waals surface area contributed by atoms with Gasteiger partial charge in [-0.3, -0.25) is 4.79 Å². The second-order valence-electron chi connectivity index (χ2n) is 2.59. The molecule has 0 spiro atoms. The van der Waals surface area contributed by atoms with Gasteiger partial charge >= 0.3 is 0 Å². The van der Waals surface area contributed by atoms with Crippen LogP contribution in [0.3, 0.4) is 0 Å². The highest BCUT2D eigenvalue weighted by Gasteiger charge is 2.02. The van der Waals surface area contributed by atoms with E-state index in [0.29, 0.717) is 11.5 Å². The summed E-state index contributed by atoms with van der Waals surface area (Å²) in [5.41, 5.74) is 0.112. The fourth-order valence-corrected chi connectivity index (χ4v) is 1.09. The molecule has 0 atom stereocenters. The Morgan fingerprint density at radius 2 is 2.23 bits per heavy atom. The molecule has 0 bridgehead atoms. The third kappa shape index (κ3) is 1.46. The third-order valence-corrected chi connectivity index (χ3v) is 1.62. The van der Waals surface area contributed by atoms with Crippen LogP contribution >= 0.6 is 0 Å². The van der Waals surface area contributed by atoms with Gasteiger partial charge in [0.25, 0.3) is 5.56 Å². The van der Waals surface area contributed by atoms with Crippen molar-refractivity contribution in [3.8, 4) is 17.2 Å². The molecule has 2 N–H and O–H groups in total. The van der Waals surface area contributed by atoms with Crippen LogP contribution in [0, 0.1) is 0 Å². The normalized spacial score (nSPS) is 10.2. The first-order valence-corrected chi connectivity index (χ1v) is 3.73. The van der Waals surface area contributed by atoms with E-state index in [1.165, 1.54) is 12.3 Å². The summed E-state index contributed by atoms with van der Waals surface area (Å²) in [4.78, 5) is 13.5. The van der Waals surface area contributed by atoms with Crippen molar-refractivity contribution in [2.24, 2.45) is 0 Å². The number of nitrogens with one attached hydrogen (secondary N) is 1. The molecule has 0 fully saturated rings. The van der Waals surface area contributed by atoms with Crippen LogP contribution in [0.15, 0.2) is 39.7 Å². The van der Waals surface area contributed by atoms with Crippen molar-refractivity contribution < 1.29 is 9.52 Å². The minimum Gasteiger partial charge on any atom is -0.508 e. The highest BCUT2D eigenvalue weighted by atomic mass is 16.3. The zero-order valence-corrected chi connectivity index (χ0v) is 6.65. The molecule has 0 saturated heterocycles. The lowest BCUT2D eigenvalue weighted by atomic mass is 10.3. The van der Waals surface area contributed by atoms with Crippen molar-refractivity contribution in [2.75, 3.05) is 0 Å². The van der Waals surface area contributed by atoms with E-state index >= 15 is 0 Å². The number of H-pyrrole nitrogens is 1. The maximum atomic E-state index is 10.9. The molecule has 66 valence electrons. The van der Waals surface area contributed by atoms with E-state index in [1.807, 2.05) is 0 Å². The van der Waals surface area contributed by atoms with Crippen LogP contribution in [0.1, 0.15) is 0 Å². The first-order valence-electron chi connectivity index (χ1n) is 3.73. The molecule has 13 heavy (non-hydrogen) atoms. The lowest BCUT2D eigenvalue weighted by molar-refractivity contribution is 0.473. The van der Waals surface area contributed by atoms with E-state index < -0.39 is 0 Å². The fraction of sp³-hybridized carbons (Fsp3) is 0. The molecule has 2 heterocycles. The highest BCUT2D eigenvalue weighted by molar-refractivity contribution is 5.53. The molecule has 0 saturated carbocycles. The Kier molecular flexibility index (Phi) is 1.66. The molecule has 0 radical (unpaired) electrons. The molecule has 2 rings (SSSR count). The standard InChI is InChI=1S/C9H7NO3/c11-6-4-7(10-9(12)5-6)8-2-1-3-13-8/h1-5H,(H2,10,11,12).